The number of halogens is 3. The van der Waals surface area contributed by atoms with Gasteiger partial charge in [0.2, 0.25) is 5.91 Å². The third-order valence-electron chi connectivity index (χ3n) is 5.69. The van der Waals surface area contributed by atoms with Crippen molar-refractivity contribution in [3.63, 3.8) is 0 Å². The fourth-order valence-electron chi connectivity index (χ4n) is 4.47. The maximum Gasteiger partial charge on any atom is 0.401 e. The molecule has 0 radical (unpaired) electrons. The molecule has 26 heavy (non-hydrogen) atoms. The van der Waals surface area contributed by atoms with Crippen LogP contribution in [0.1, 0.15) is 25.7 Å². The molecule has 3 saturated heterocycles. The first-order valence-electron chi connectivity index (χ1n) is 9.30. The summed E-state index contributed by atoms with van der Waals surface area (Å²) >= 11 is 0. The zero-order chi connectivity index (χ0) is 18.8. The Hall–Kier alpha value is -1.51. The second-order valence-electron chi connectivity index (χ2n) is 7.91. The van der Waals surface area contributed by atoms with Gasteiger partial charge >= 0.3 is 6.18 Å². The Morgan fingerprint density at radius 1 is 1.42 bits per heavy atom. The van der Waals surface area contributed by atoms with E-state index in [0.717, 1.165) is 38.3 Å². The monoisotopic (exact) mass is 375 g/mol. The van der Waals surface area contributed by atoms with E-state index in [4.69, 9.17) is 0 Å². The van der Waals surface area contributed by atoms with Crippen LogP contribution < -0.4 is 10.6 Å². The van der Waals surface area contributed by atoms with Crippen molar-refractivity contribution in [3.05, 3.63) is 0 Å². The highest BCUT2D eigenvalue weighted by Crippen LogP contribution is 2.36. The lowest BCUT2D eigenvalue weighted by atomic mass is 9.79. The second-order valence-corrected chi connectivity index (χ2v) is 7.91. The molecule has 0 saturated carbocycles. The summed E-state index contributed by atoms with van der Waals surface area (Å²) in [6, 6.07) is 0. The smallest absolute Gasteiger partial charge is 0.356 e. The van der Waals surface area contributed by atoms with Gasteiger partial charge in [-0.2, -0.15) is 13.2 Å². The van der Waals surface area contributed by atoms with Crippen LogP contribution in [0.4, 0.5) is 13.2 Å². The largest absolute Gasteiger partial charge is 0.401 e. The number of amides is 1. The molecule has 2 atom stereocenters. The van der Waals surface area contributed by atoms with Crippen LogP contribution in [0.15, 0.2) is 4.99 Å². The maximum atomic E-state index is 12.5. The summed E-state index contributed by atoms with van der Waals surface area (Å²) in [6.45, 7) is 3.15. The SMILES string of the molecule is CN=C(NCC1CCN(CC(F)(F)F)C1)N1CCCC2(CNC(=O)C2)C1. The number of nitrogens with one attached hydrogen (secondary N) is 2. The first kappa shape index (κ1) is 19.3. The molecule has 0 aromatic carbocycles. The average molecular weight is 375 g/mol. The van der Waals surface area contributed by atoms with E-state index in [9.17, 15) is 18.0 Å². The molecule has 3 fully saturated rings. The number of piperidine rings is 1. The number of nitrogens with zero attached hydrogens (tertiary/aromatic N) is 3. The molecule has 3 aliphatic rings. The van der Waals surface area contributed by atoms with Crippen molar-refractivity contribution >= 4 is 11.9 Å². The van der Waals surface area contributed by atoms with Crippen LogP contribution in [-0.2, 0) is 4.79 Å². The minimum atomic E-state index is -4.13. The molecular formula is C17H28F3N5O. The molecule has 9 heteroatoms. The zero-order valence-electron chi connectivity index (χ0n) is 15.2. The van der Waals surface area contributed by atoms with Crippen LogP contribution in [0.25, 0.3) is 0 Å². The molecule has 0 aliphatic carbocycles. The fraction of sp³-hybridized carbons (Fsp3) is 0.882. The van der Waals surface area contributed by atoms with Gasteiger partial charge in [-0.05, 0) is 31.7 Å². The fourth-order valence-corrected chi connectivity index (χ4v) is 4.47. The van der Waals surface area contributed by atoms with Crippen LogP contribution in [0.5, 0.6) is 0 Å². The Labute approximate surface area is 152 Å². The van der Waals surface area contributed by atoms with E-state index in [1.165, 1.54) is 4.90 Å². The van der Waals surface area contributed by atoms with Crippen LogP contribution in [0.2, 0.25) is 0 Å². The summed E-state index contributed by atoms with van der Waals surface area (Å²) < 4.78 is 37.5. The molecule has 1 amide bonds. The average Bonchev–Trinajstić information content (AvgIpc) is 3.13. The van der Waals surface area contributed by atoms with Crippen LogP contribution in [-0.4, -0.2) is 80.7 Å². The van der Waals surface area contributed by atoms with E-state index in [-0.39, 0.29) is 17.2 Å². The van der Waals surface area contributed by atoms with Gasteiger partial charge in [0.05, 0.1) is 6.54 Å². The number of carbonyl (C=O) groups is 1. The first-order valence-corrected chi connectivity index (χ1v) is 9.30. The molecule has 1 spiro atoms. The molecule has 0 aromatic heterocycles. The molecule has 3 rings (SSSR count). The Morgan fingerprint density at radius 2 is 2.23 bits per heavy atom. The maximum absolute atomic E-state index is 12.5. The van der Waals surface area contributed by atoms with Gasteiger partial charge in [-0.3, -0.25) is 14.7 Å². The number of carbonyl (C=O) groups excluding carboxylic acids is 1. The highest BCUT2D eigenvalue weighted by Gasteiger charge is 2.42. The predicted molar refractivity (Wildman–Crippen MR) is 92.8 cm³/mol. The van der Waals surface area contributed by atoms with E-state index in [2.05, 4.69) is 20.5 Å². The van der Waals surface area contributed by atoms with E-state index in [1.807, 2.05) is 0 Å². The van der Waals surface area contributed by atoms with Gasteiger partial charge in [-0.1, -0.05) is 0 Å². The van der Waals surface area contributed by atoms with Gasteiger partial charge in [0.25, 0.3) is 0 Å². The number of hydrogen-bond acceptors (Lipinski definition) is 3. The third-order valence-corrected chi connectivity index (χ3v) is 5.69. The number of guanidine groups is 1. The van der Waals surface area contributed by atoms with Gasteiger partial charge in [0.15, 0.2) is 5.96 Å². The van der Waals surface area contributed by atoms with Crippen molar-refractivity contribution in [1.29, 1.82) is 0 Å². The van der Waals surface area contributed by atoms with Crippen molar-refractivity contribution in [2.45, 2.75) is 31.9 Å². The van der Waals surface area contributed by atoms with Crippen molar-refractivity contribution in [2.75, 3.05) is 52.9 Å². The van der Waals surface area contributed by atoms with E-state index in [1.54, 1.807) is 7.05 Å². The van der Waals surface area contributed by atoms with Gasteiger partial charge in [-0.15, -0.1) is 0 Å². The molecule has 3 heterocycles. The number of rotatable bonds is 3. The zero-order valence-corrected chi connectivity index (χ0v) is 15.2. The lowest BCUT2D eigenvalue weighted by Gasteiger charge is -2.41. The van der Waals surface area contributed by atoms with Crippen molar-refractivity contribution in [1.82, 2.24) is 20.4 Å². The molecular weight excluding hydrogens is 347 g/mol. The number of aliphatic imine (C=N–C) groups is 1. The normalized spacial score (nSPS) is 30.9. The topological polar surface area (TPSA) is 60.0 Å². The number of hydrogen-bond donors (Lipinski definition) is 2. The first-order chi connectivity index (χ1) is 12.3. The highest BCUT2D eigenvalue weighted by molar-refractivity contribution is 5.81. The Morgan fingerprint density at radius 3 is 2.88 bits per heavy atom. The van der Waals surface area contributed by atoms with Gasteiger partial charge in [0.1, 0.15) is 0 Å². The predicted octanol–water partition coefficient (Wildman–Crippen LogP) is 1.05. The van der Waals surface area contributed by atoms with Gasteiger partial charge in [0, 0.05) is 51.6 Å². The molecule has 6 nitrogen and oxygen atoms in total. The Kier molecular flexibility index (Phi) is 5.64. The molecule has 0 aromatic rings. The minimum Gasteiger partial charge on any atom is -0.356 e. The summed E-state index contributed by atoms with van der Waals surface area (Å²) in [6.07, 6.45) is -0.752. The minimum absolute atomic E-state index is 0.0101. The molecule has 2 unspecified atom stereocenters. The summed E-state index contributed by atoms with van der Waals surface area (Å²) in [5.41, 5.74) is -0.0101. The highest BCUT2D eigenvalue weighted by atomic mass is 19.4. The number of alkyl halides is 3. The molecule has 148 valence electrons. The second kappa shape index (κ2) is 7.62. The van der Waals surface area contributed by atoms with Crippen LogP contribution in [0, 0.1) is 11.3 Å². The van der Waals surface area contributed by atoms with Crippen molar-refractivity contribution in [2.24, 2.45) is 16.3 Å². The van der Waals surface area contributed by atoms with E-state index >= 15 is 0 Å². The molecule has 3 aliphatic heterocycles. The summed E-state index contributed by atoms with van der Waals surface area (Å²) in [7, 11) is 1.73. The Balaban J connectivity index is 1.49. The molecule has 0 bridgehead atoms. The van der Waals surface area contributed by atoms with E-state index in [0.29, 0.717) is 32.6 Å². The van der Waals surface area contributed by atoms with E-state index < -0.39 is 12.7 Å². The van der Waals surface area contributed by atoms with Gasteiger partial charge < -0.3 is 15.5 Å². The lowest BCUT2D eigenvalue weighted by molar-refractivity contribution is -0.143. The van der Waals surface area contributed by atoms with Crippen LogP contribution in [0.3, 0.4) is 0 Å². The quantitative estimate of drug-likeness (QED) is 0.572. The third kappa shape index (κ3) is 4.81. The standard InChI is InChI=1S/C17H28F3N5O/c1-21-15(22-8-13-3-6-24(9-13)12-17(18,19)20)25-5-2-4-16(11-25)7-14(26)23-10-16/h13H,2-12H2,1H3,(H,21,22)(H,23,26). The summed E-state index contributed by atoms with van der Waals surface area (Å²) in [5.74, 6) is 1.10. The van der Waals surface area contributed by atoms with Crippen molar-refractivity contribution in [3.8, 4) is 0 Å². The van der Waals surface area contributed by atoms with Crippen molar-refractivity contribution < 1.29 is 18.0 Å². The van der Waals surface area contributed by atoms with Crippen LogP contribution >= 0.6 is 0 Å². The molecule has 2 N–H and O–H groups in total. The summed E-state index contributed by atoms with van der Waals surface area (Å²) in [5, 5.41) is 6.28. The lowest BCUT2D eigenvalue weighted by Crippen LogP contribution is -2.52. The van der Waals surface area contributed by atoms with Gasteiger partial charge in [-0.25, -0.2) is 0 Å². The number of likely N-dealkylation sites (tertiary alicyclic amines) is 2. The summed E-state index contributed by atoms with van der Waals surface area (Å²) in [4.78, 5) is 19.6. The Bertz CT molecular complexity index is 553.